The Labute approximate surface area is 318 Å². The molecule has 5 aromatic rings. The Morgan fingerprint density at radius 3 is 1.47 bits per heavy atom. The van der Waals surface area contributed by atoms with Gasteiger partial charge in [0.25, 0.3) is 0 Å². The molecule has 0 amide bonds. The van der Waals surface area contributed by atoms with Gasteiger partial charge in [0.1, 0.15) is 11.2 Å². The molecule has 282 valence electrons. The second kappa shape index (κ2) is 17.8. The maximum absolute atomic E-state index is 6.39. The molecule has 2 aliphatic rings. The Hall–Kier alpha value is -3.48. The van der Waals surface area contributed by atoms with Crippen molar-refractivity contribution in [2.45, 2.75) is 116 Å². The Bertz CT molecular complexity index is 1800. The predicted molar refractivity (Wildman–Crippen MR) is 222 cm³/mol. The lowest BCUT2D eigenvalue weighted by atomic mass is 9.87. The van der Waals surface area contributed by atoms with Gasteiger partial charge in [-0.25, -0.2) is 0 Å². The predicted octanol–water partition coefficient (Wildman–Crippen LogP) is 10.6. The van der Waals surface area contributed by atoms with E-state index in [0.717, 1.165) is 58.8 Å². The molecule has 2 fully saturated rings. The zero-order valence-corrected chi connectivity index (χ0v) is 32.8. The van der Waals surface area contributed by atoms with Crippen molar-refractivity contribution in [3.63, 3.8) is 0 Å². The van der Waals surface area contributed by atoms with Crippen LogP contribution in [0.4, 0.5) is 0 Å². The SMILES string of the molecule is CCCCCCCCCCCCn1c2ccc(Cc3ccccc3C3(C)CNCCO3)cc2c2cc(Cc3ccccc3C3(C)CNCCO3)ccc21. The van der Waals surface area contributed by atoms with Gasteiger partial charge in [-0.3, -0.25) is 0 Å². The number of benzene rings is 4. The van der Waals surface area contributed by atoms with Gasteiger partial charge in [-0.2, -0.15) is 0 Å². The Morgan fingerprint density at radius 1 is 0.566 bits per heavy atom. The fourth-order valence-corrected chi connectivity index (χ4v) is 9.04. The molecule has 0 spiro atoms. The highest BCUT2D eigenvalue weighted by Crippen LogP contribution is 2.36. The summed E-state index contributed by atoms with van der Waals surface area (Å²) in [6.45, 7) is 12.8. The average molecular weight is 714 g/mol. The summed E-state index contributed by atoms with van der Waals surface area (Å²) < 4.78 is 15.4. The molecule has 2 unspecified atom stereocenters. The topological polar surface area (TPSA) is 47.5 Å². The van der Waals surface area contributed by atoms with Gasteiger partial charge >= 0.3 is 0 Å². The number of nitrogens with one attached hydrogen (secondary N) is 2. The number of rotatable bonds is 17. The van der Waals surface area contributed by atoms with Crippen LogP contribution in [0.5, 0.6) is 0 Å². The second-order valence-electron chi connectivity index (χ2n) is 16.2. The van der Waals surface area contributed by atoms with Gasteiger partial charge in [0, 0.05) is 54.5 Å². The summed E-state index contributed by atoms with van der Waals surface area (Å²) in [5, 5.41) is 9.85. The smallest absolute Gasteiger partial charge is 0.103 e. The number of morpholine rings is 2. The van der Waals surface area contributed by atoms with E-state index in [0.29, 0.717) is 0 Å². The van der Waals surface area contributed by atoms with Crippen molar-refractivity contribution < 1.29 is 9.47 Å². The molecule has 0 aliphatic carbocycles. The molecular weight excluding hydrogens is 651 g/mol. The van der Waals surface area contributed by atoms with Crippen molar-refractivity contribution in [3.05, 3.63) is 118 Å². The fraction of sp³-hybridized carbons (Fsp3) is 0.500. The van der Waals surface area contributed by atoms with Gasteiger partial charge in [-0.15, -0.1) is 0 Å². The molecule has 0 bridgehead atoms. The van der Waals surface area contributed by atoms with E-state index in [9.17, 15) is 0 Å². The van der Waals surface area contributed by atoms with Gasteiger partial charge in [0.2, 0.25) is 0 Å². The minimum absolute atomic E-state index is 0.314. The molecule has 2 N–H and O–H groups in total. The highest BCUT2D eigenvalue weighted by Gasteiger charge is 2.33. The van der Waals surface area contributed by atoms with Crippen LogP contribution in [0.15, 0.2) is 84.9 Å². The number of unbranched alkanes of at least 4 members (excludes halogenated alkanes) is 9. The molecule has 1 aromatic heterocycles. The zero-order valence-electron chi connectivity index (χ0n) is 32.8. The van der Waals surface area contributed by atoms with Crippen molar-refractivity contribution in [1.29, 1.82) is 0 Å². The van der Waals surface area contributed by atoms with Gasteiger partial charge in [-0.1, -0.05) is 125 Å². The molecule has 2 saturated heterocycles. The maximum Gasteiger partial charge on any atom is 0.103 e. The van der Waals surface area contributed by atoms with Crippen molar-refractivity contribution in [2.24, 2.45) is 0 Å². The van der Waals surface area contributed by atoms with Crippen LogP contribution in [0.1, 0.15) is 118 Å². The molecule has 5 heteroatoms. The maximum atomic E-state index is 6.39. The molecule has 0 radical (unpaired) electrons. The normalized spacial score (nSPS) is 20.7. The van der Waals surface area contributed by atoms with E-state index in [2.05, 4.69) is 121 Å². The molecule has 2 atom stereocenters. The summed E-state index contributed by atoms with van der Waals surface area (Å²) >= 11 is 0. The van der Waals surface area contributed by atoms with Crippen molar-refractivity contribution in [1.82, 2.24) is 15.2 Å². The van der Waals surface area contributed by atoms with Gasteiger partial charge < -0.3 is 24.7 Å². The fourth-order valence-electron chi connectivity index (χ4n) is 9.04. The minimum Gasteiger partial charge on any atom is -0.368 e. The molecule has 3 heterocycles. The van der Waals surface area contributed by atoms with Crippen molar-refractivity contribution in [3.8, 4) is 0 Å². The van der Waals surface area contributed by atoms with Crippen LogP contribution >= 0.6 is 0 Å². The molecule has 5 nitrogen and oxygen atoms in total. The number of aromatic nitrogens is 1. The Balaban J connectivity index is 1.17. The van der Waals surface area contributed by atoms with Crippen LogP contribution in [0.25, 0.3) is 21.8 Å². The average Bonchev–Trinajstić information content (AvgIpc) is 3.48. The standard InChI is InChI=1S/C48H63N3O2/c1-4-5-6-7-8-9-10-11-12-17-28-51-45-24-22-37(31-39-18-13-15-20-43(39)47(2)35-49-26-29-52-47)33-41(45)42-34-38(23-25-46(42)51)32-40-19-14-16-21-44(40)48(3)36-50-27-30-53-48/h13-16,18-25,33-34,49-50H,4-12,17,26-32,35-36H2,1-3H3. The largest absolute Gasteiger partial charge is 0.368 e. The summed E-state index contributed by atoms with van der Waals surface area (Å²) in [4.78, 5) is 0. The van der Waals surface area contributed by atoms with Crippen LogP contribution in [0, 0.1) is 0 Å². The van der Waals surface area contributed by atoms with Crippen LogP contribution < -0.4 is 10.6 Å². The third-order valence-corrected chi connectivity index (χ3v) is 12.0. The van der Waals surface area contributed by atoms with Crippen LogP contribution in [0.2, 0.25) is 0 Å². The molecule has 53 heavy (non-hydrogen) atoms. The van der Waals surface area contributed by atoms with Gasteiger partial charge in [0.05, 0.1) is 13.2 Å². The number of hydrogen-bond acceptors (Lipinski definition) is 4. The summed E-state index contributed by atoms with van der Waals surface area (Å²) in [6, 6.07) is 32.2. The van der Waals surface area contributed by atoms with E-state index in [-0.39, 0.29) is 11.2 Å². The van der Waals surface area contributed by atoms with E-state index in [4.69, 9.17) is 9.47 Å². The van der Waals surface area contributed by atoms with E-state index in [1.165, 1.54) is 119 Å². The first kappa shape index (κ1) is 37.8. The number of fused-ring (bicyclic) bond motifs is 3. The number of ether oxygens (including phenoxy) is 2. The molecule has 2 aliphatic heterocycles. The van der Waals surface area contributed by atoms with E-state index < -0.39 is 0 Å². The monoisotopic (exact) mass is 713 g/mol. The minimum atomic E-state index is -0.314. The van der Waals surface area contributed by atoms with Crippen LogP contribution in [-0.2, 0) is 40.1 Å². The lowest BCUT2D eigenvalue weighted by molar-refractivity contribution is -0.0578. The summed E-state index contributed by atoms with van der Waals surface area (Å²) in [5.41, 5.74) is 10.1. The van der Waals surface area contributed by atoms with Crippen molar-refractivity contribution in [2.75, 3.05) is 39.4 Å². The van der Waals surface area contributed by atoms with Gasteiger partial charge in [-0.05, 0) is 90.8 Å². The number of hydrogen-bond donors (Lipinski definition) is 2. The van der Waals surface area contributed by atoms with E-state index >= 15 is 0 Å². The Morgan fingerprint density at radius 2 is 1.02 bits per heavy atom. The number of nitrogens with zero attached hydrogens (tertiary/aromatic N) is 1. The quantitative estimate of drug-likeness (QED) is 0.0942. The first-order valence-electron chi connectivity index (χ1n) is 20.9. The third-order valence-electron chi connectivity index (χ3n) is 12.0. The number of aryl methyl sites for hydroxylation is 1. The lowest BCUT2D eigenvalue weighted by Gasteiger charge is -2.36. The zero-order chi connectivity index (χ0) is 36.5. The second-order valence-corrected chi connectivity index (χ2v) is 16.2. The molecular formula is C48H63N3O2. The summed E-state index contributed by atoms with van der Waals surface area (Å²) in [6.07, 6.45) is 15.3. The van der Waals surface area contributed by atoms with Crippen LogP contribution in [0.3, 0.4) is 0 Å². The van der Waals surface area contributed by atoms with E-state index in [1.807, 2.05) is 0 Å². The third kappa shape index (κ3) is 8.92. The first-order valence-corrected chi connectivity index (χ1v) is 20.9. The first-order chi connectivity index (χ1) is 26.0. The summed E-state index contributed by atoms with van der Waals surface area (Å²) in [7, 11) is 0. The molecule has 4 aromatic carbocycles. The highest BCUT2D eigenvalue weighted by atomic mass is 16.5. The Kier molecular flexibility index (Phi) is 12.7. The van der Waals surface area contributed by atoms with Gasteiger partial charge in [0.15, 0.2) is 0 Å². The van der Waals surface area contributed by atoms with E-state index in [1.54, 1.807) is 0 Å². The molecule has 0 saturated carbocycles. The lowest BCUT2D eigenvalue weighted by Crippen LogP contribution is -2.45. The molecule has 7 rings (SSSR count). The highest BCUT2D eigenvalue weighted by molar-refractivity contribution is 6.08. The summed E-state index contributed by atoms with van der Waals surface area (Å²) in [5.74, 6) is 0. The van der Waals surface area contributed by atoms with Crippen molar-refractivity contribution >= 4 is 21.8 Å². The van der Waals surface area contributed by atoms with Crippen LogP contribution in [-0.4, -0.2) is 44.0 Å².